The Bertz CT molecular complexity index is 498. The van der Waals surface area contributed by atoms with Crippen molar-refractivity contribution < 1.29 is 4.79 Å². The van der Waals surface area contributed by atoms with Gasteiger partial charge in [0.1, 0.15) is 6.17 Å². The Hall–Kier alpha value is -1.35. The van der Waals surface area contributed by atoms with Crippen LogP contribution < -0.4 is 5.32 Å². The smallest absolute Gasteiger partial charge is 0.241 e. The van der Waals surface area contributed by atoms with Gasteiger partial charge in [0.05, 0.1) is 6.04 Å². The van der Waals surface area contributed by atoms with E-state index in [1.54, 1.807) is 0 Å². The number of hydrogen-bond donors (Lipinski definition) is 1. The van der Waals surface area contributed by atoms with Gasteiger partial charge in [0.25, 0.3) is 0 Å². The zero-order valence-electron chi connectivity index (χ0n) is 13.2. The zero-order chi connectivity index (χ0) is 14.9. The highest BCUT2D eigenvalue weighted by atomic mass is 16.2. The summed E-state index contributed by atoms with van der Waals surface area (Å²) in [5.74, 6) is 0.219. The van der Waals surface area contributed by atoms with Crippen LogP contribution in [0.15, 0.2) is 18.2 Å². The summed E-state index contributed by atoms with van der Waals surface area (Å²) in [6, 6.07) is 6.64. The summed E-state index contributed by atoms with van der Waals surface area (Å²) in [7, 11) is 0. The van der Waals surface area contributed by atoms with Crippen LogP contribution in [0.3, 0.4) is 0 Å². The molecule has 110 valence electrons. The minimum atomic E-state index is -0.0979. The van der Waals surface area contributed by atoms with Gasteiger partial charge in [-0.3, -0.25) is 10.1 Å². The van der Waals surface area contributed by atoms with E-state index in [0.717, 1.165) is 12.8 Å². The standard InChI is InChI=1S/C17H26N2O/c1-6-7-13(4)19-16(18-14(5)17(19)20)15-10-11(2)8-9-12(15)3/h8-10,13-14,16,18H,6-7H2,1-5H3. The van der Waals surface area contributed by atoms with Gasteiger partial charge in [-0.2, -0.15) is 0 Å². The lowest BCUT2D eigenvalue weighted by Crippen LogP contribution is -2.38. The molecule has 0 spiro atoms. The summed E-state index contributed by atoms with van der Waals surface area (Å²) in [5, 5.41) is 3.45. The first-order valence-electron chi connectivity index (χ1n) is 7.61. The van der Waals surface area contributed by atoms with Crippen molar-refractivity contribution in [2.75, 3.05) is 0 Å². The molecule has 1 N–H and O–H groups in total. The van der Waals surface area contributed by atoms with Gasteiger partial charge in [-0.15, -0.1) is 0 Å². The number of aryl methyl sites for hydroxylation is 2. The SMILES string of the molecule is CCCC(C)N1C(=O)C(C)NC1c1cc(C)ccc1C. The molecular weight excluding hydrogens is 248 g/mol. The fraction of sp³-hybridized carbons (Fsp3) is 0.588. The minimum absolute atomic E-state index is 0.0129. The molecule has 3 unspecified atom stereocenters. The number of rotatable bonds is 4. The Morgan fingerprint density at radius 2 is 2.05 bits per heavy atom. The molecule has 1 aromatic carbocycles. The number of amides is 1. The highest BCUT2D eigenvalue weighted by Gasteiger charge is 2.39. The molecule has 3 atom stereocenters. The average Bonchev–Trinajstić information content (AvgIpc) is 2.69. The quantitative estimate of drug-likeness (QED) is 0.913. The van der Waals surface area contributed by atoms with E-state index in [1.807, 2.05) is 11.8 Å². The molecule has 1 heterocycles. The lowest BCUT2D eigenvalue weighted by molar-refractivity contribution is -0.131. The first kappa shape index (κ1) is 15.0. The Labute approximate surface area is 122 Å². The summed E-state index contributed by atoms with van der Waals surface area (Å²) in [6.45, 7) is 10.5. The lowest BCUT2D eigenvalue weighted by Gasteiger charge is -2.31. The zero-order valence-corrected chi connectivity index (χ0v) is 13.2. The van der Waals surface area contributed by atoms with Gasteiger partial charge in [-0.25, -0.2) is 0 Å². The summed E-state index contributed by atoms with van der Waals surface area (Å²) in [5.41, 5.74) is 3.71. The molecule has 0 aliphatic carbocycles. The molecule has 0 saturated carbocycles. The van der Waals surface area contributed by atoms with E-state index in [0.29, 0.717) is 0 Å². The van der Waals surface area contributed by atoms with Crippen LogP contribution in [0.4, 0.5) is 0 Å². The van der Waals surface area contributed by atoms with Crippen molar-refractivity contribution in [1.29, 1.82) is 0 Å². The van der Waals surface area contributed by atoms with E-state index in [2.05, 4.69) is 51.2 Å². The predicted octanol–water partition coefficient (Wildman–Crippen LogP) is 3.31. The van der Waals surface area contributed by atoms with Crippen LogP contribution in [-0.2, 0) is 4.79 Å². The largest absolute Gasteiger partial charge is 0.319 e. The second kappa shape index (κ2) is 5.96. The molecule has 1 aliphatic rings. The Morgan fingerprint density at radius 3 is 2.70 bits per heavy atom. The maximum absolute atomic E-state index is 12.5. The van der Waals surface area contributed by atoms with E-state index >= 15 is 0 Å². The lowest BCUT2D eigenvalue weighted by atomic mass is 10.0. The summed E-state index contributed by atoms with van der Waals surface area (Å²) in [4.78, 5) is 14.5. The molecule has 1 amide bonds. The van der Waals surface area contributed by atoms with Crippen LogP contribution in [0.2, 0.25) is 0 Å². The monoisotopic (exact) mass is 274 g/mol. The normalized spacial score (nSPS) is 24.2. The first-order valence-corrected chi connectivity index (χ1v) is 7.61. The number of carbonyl (C=O) groups is 1. The van der Waals surface area contributed by atoms with E-state index < -0.39 is 0 Å². The van der Waals surface area contributed by atoms with E-state index in [1.165, 1.54) is 16.7 Å². The van der Waals surface area contributed by atoms with E-state index in [-0.39, 0.29) is 24.2 Å². The highest BCUT2D eigenvalue weighted by Crippen LogP contribution is 2.31. The summed E-state index contributed by atoms with van der Waals surface area (Å²) >= 11 is 0. The van der Waals surface area contributed by atoms with Crippen LogP contribution >= 0.6 is 0 Å². The van der Waals surface area contributed by atoms with Gasteiger partial charge in [0.2, 0.25) is 5.91 Å². The maximum Gasteiger partial charge on any atom is 0.241 e. The summed E-state index contributed by atoms with van der Waals surface area (Å²) < 4.78 is 0. The first-order chi connectivity index (χ1) is 9.45. The fourth-order valence-electron chi connectivity index (χ4n) is 3.06. The van der Waals surface area contributed by atoms with Crippen molar-refractivity contribution in [2.45, 2.75) is 65.7 Å². The predicted molar refractivity (Wildman–Crippen MR) is 82.5 cm³/mol. The number of benzene rings is 1. The molecule has 1 saturated heterocycles. The second-order valence-electron chi connectivity index (χ2n) is 6.03. The second-order valence-corrected chi connectivity index (χ2v) is 6.03. The van der Waals surface area contributed by atoms with Crippen molar-refractivity contribution >= 4 is 5.91 Å². The Kier molecular flexibility index (Phi) is 4.48. The van der Waals surface area contributed by atoms with Crippen molar-refractivity contribution in [2.24, 2.45) is 0 Å². The van der Waals surface area contributed by atoms with Gasteiger partial charge >= 0.3 is 0 Å². The summed E-state index contributed by atoms with van der Waals surface area (Å²) in [6.07, 6.45) is 2.15. The van der Waals surface area contributed by atoms with Gasteiger partial charge in [0, 0.05) is 6.04 Å². The molecule has 3 heteroatoms. The van der Waals surface area contributed by atoms with Crippen molar-refractivity contribution in [1.82, 2.24) is 10.2 Å². The van der Waals surface area contributed by atoms with Gasteiger partial charge in [-0.1, -0.05) is 37.1 Å². The molecule has 0 radical (unpaired) electrons. The topological polar surface area (TPSA) is 32.3 Å². The molecule has 2 rings (SSSR count). The van der Waals surface area contributed by atoms with Crippen molar-refractivity contribution in [3.63, 3.8) is 0 Å². The number of nitrogens with zero attached hydrogens (tertiary/aromatic N) is 1. The Morgan fingerprint density at radius 1 is 1.35 bits per heavy atom. The third-order valence-electron chi connectivity index (χ3n) is 4.22. The third kappa shape index (κ3) is 2.73. The van der Waals surface area contributed by atoms with Gasteiger partial charge in [0.15, 0.2) is 0 Å². The van der Waals surface area contributed by atoms with Crippen molar-refractivity contribution in [3.8, 4) is 0 Å². The van der Waals surface area contributed by atoms with Gasteiger partial charge < -0.3 is 4.90 Å². The fourth-order valence-corrected chi connectivity index (χ4v) is 3.06. The van der Waals surface area contributed by atoms with E-state index in [9.17, 15) is 4.79 Å². The molecule has 1 fully saturated rings. The molecule has 1 aliphatic heterocycles. The molecule has 1 aromatic rings. The Balaban J connectivity index is 2.37. The number of hydrogen-bond acceptors (Lipinski definition) is 2. The van der Waals surface area contributed by atoms with Crippen LogP contribution in [0, 0.1) is 13.8 Å². The molecular formula is C17H26N2O. The average molecular weight is 274 g/mol. The number of nitrogens with one attached hydrogen (secondary N) is 1. The maximum atomic E-state index is 12.5. The molecule has 3 nitrogen and oxygen atoms in total. The highest BCUT2D eigenvalue weighted by molar-refractivity contribution is 5.84. The minimum Gasteiger partial charge on any atom is -0.319 e. The van der Waals surface area contributed by atoms with Crippen LogP contribution in [0.5, 0.6) is 0 Å². The van der Waals surface area contributed by atoms with Crippen LogP contribution in [0.25, 0.3) is 0 Å². The van der Waals surface area contributed by atoms with Crippen molar-refractivity contribution in [3.05, 3.63) is 34.9 Å². The van der Waals surface area contributed by atoms with Crippen LogP contribution in [-0.4, -0.2) is 22.9 Å². The third-order valence-corrected chi connectivity index (χ3v) is 4.22. The van der Waals surface area contributed by atoms with E-state index in [4.69, 9.17) is 0 Å². The molecule has 20 heavy (non-hydrogen) atoms. The van der Waals surface area contributed by atoms with Crippen LogP contribution in [0.1, 0.15) is 56.5 Å². The number of carbonyl (C=O) groups excluding carboxylic acids is 1. The molecule has 0 bridgehead atoms. The van der Waals surface area contributed by atoms with Gasteiger partial charge in [-0.05, 0) is 45.2 Å². The molecule has 0 aromatic heterocycles.